The number of hydrogen-bond donors (Lipinski definition) is 1. The second kappa shape index (κ2) is 14.8. The van der Waals surface area contributed by atoms with Crippen molar-refractivity contribution in [2.75, 3.05) is 0 Å². The van der Waals surface area contributed by atoms with Crippen LogP contribution in [0.25, 0.3) is 51.6 Å². The molecule has 0 aliphatic rings. The van der Waals surface area contributed by atoms with Crippen molar-refractivity contribution >= 4 is 80.1 Å². The molecular weight excluding hydrogens is 827 g/mol. The molecule has 4 aromatic heterocycles. The van der Waals surface area contributed by atoms with Gasteiger partial charge in [0.05, 0.1) is 0 Å². The zero-order chi connectivity index (χ0) is 34.3. The number of aliphatic hydroxyl groups excluding tert-OH is 1. The van der Waals surface area contributed by atoms with Gasteiger partial charge in [0.25, 0.3) is 0 Å². The number of hydrogen-bond acceptors (Lipinski definition) is 6. The van der Waals surface area contributed by atoms with Crippen molar-refractivity contribution in [2.24, 2.45) is 10.8 Å². The maximum absolute atomic E-state index is 12.2. The van der Waals surface area contributed by atoms with E-state index in [4.69, 9.17) is 4.98 Å². The van der Waals surface area contributed by atoms with Gasteiger partial charge in [-0.3, -0.25) is 9.78 Å². The van der Waals surface area contributed by atoms with Crippen LogP contribution in [0.4, 0.5) is 0 Å². The molecule has 3 nitrogen and oxygen atoms in total. The molecular formula is C41H48IrNO2S3-. The number of ketones is 1. The second-order valence-electron chi connectivity index (χ2n) is 14.3. The average molecular weight is 875 g/mol. The number of aryl methyl sites for hydroxylation is 1. The third kappa shape index (κ3) is 7.23. The third-order valence-corrected chi connectivity index (χ3v) is 13.4. The summed E-state index contributed by atoms with van der Waals surface area (Å²) in [5, 5.41) is 17.5. The standard InChI is InChI=1S/C26H20NS3.C15H28O2.Ir/c1-14-11-18-20(29-14)5-6-21-22(18)17-7-9-27-23(25(17)30-21)16-12-15-8-10-28-24(15)19(13-16)26(2,3)4;1-7-14(5,8-2)12(16)11-13(17)15(6,9-3)10-4;/h5-11,13H,1-4H3;11,16H,7-10H2,1-6H3;/q-1;;/b;12-11-;. The Bertz CT molecular complexity index is 2100. The number of allylic oxidation sites excluding steroid dienone is 2. The average Bonchev–Trinajstić information content (AvgIpc) is 3.78. The zero-order valence-corrected chi connectivity index (χ0v) is 34.7. The summed E-state index contributed by atoms with van der Waals surface area (Å²) in [4.78, 5) is 18.4. The number of aliphatic hydroxyl groups is 1. The van der Waals surface area contributed by atoms with Crippen molar-refractivity contribution in [2.45, 2.75) is 100 Å². The SMILES string of the molecule is CCC(C)(CC)C(=O)/C=C(\O)C(C)(CC)CC.Cc1cc2c(ccc3sc4c(-c5[c-]c6ccsc6c(C(C)(C)C)c5)nccc4c32)s1.[Ir]. The molecule has 1 radical (unpaired) electrons. The number of pyridine rings is 1. The number of carbonyl (C=O) groups is 1. The van der Waals surface area contributed by atoms with Crippen LogP contribution in [0.15, 0.2) is 59.8 Å². The Morgan fingerprint density at radius 1 is 0.854 bits per heavy atom. The molecule has 0 aliphatic carbocycles. The molecule has 0 spiro atoms. The first-order valence-electron chi connectivity index (χ1n) is 16.8. The van der Waals surface area contributed by atoms with Gasteiger partial charge in [-0.2, -0.15) is 11.3 Å². The molecule has 0 amide bonds. The fourth-order valence-electron chi connectivity index (χ4n) is 6.01. The van der Waals surface area contributed by atoms with E-state index in [0.29, 0.717) is 0 Å². The molecule has 0 aliphatic heterocycles. The molecule has 6 rings (SSSR count). The van der Waals surface area contributed by atoms with Gasteiger partial charge in [-0.05, 0) is 77.8 Å². The van der Waals surface area contributed by atoms with Crippen molar-refractivity contribution in [3.63, 3.8) is 0 Å². The van der Waals surface area contributed by atoms with E-state index in [2.05, 4.69) is 75.5 Å². The molecule has 7 heteroatoms. The van der Waals surface area contributed by atoms with Crippen LogP contribution >= 0.6 is 34.0 Å². The molecule has 1 N–H and O–H groups in total. The smallest absolute Gasteiger partial charge is 0.164 e. The van der Waals surface area contributed by atoms with Crippen LogP contribution in [0.1, 0.15) is 98.4 Å². The Balaban J connectivity index is 0.000000251. The van der Waals surface area contributed by atoms with Crippen LogP contribution in [0.3, 0.4) is 0 Å². The molecule has 0 saturated carbocycles. The first-order valence-corrected chi connectivity index (χ1v) is 19.3. The molecule has 0 fully saturated rings. The van der Waals surface area contributed by atoms with Crippen LogP contribution in [0.2, 0.25) is 0 Å². The number of carbonyl (C=O) groups excluding carboxylic acids is 1. The number of benzene rings is 2. The van der Waals surface area contributed by atoms with Crippen LogP contribution in [0, 0.1) is 23.8 Å². The maximum Gasteiger partial charge on any atom is 0.164 e. The first kappa shape index (κ1) is 38.4. The fraction of sp³-hybridized carbons (Fsp3) is 0.415. The third-order valence-electron chi connectivity index (χ3n) is 10.3. The predicted octanol–water partition coefficient (Wildman–Crippen LogP) is 13.6. The van der Waals surface area contributed by atoms with Gasteiger partial charge in [0.1, 0.15) is 5.76 Å². The summed E-state index contributed by atoms with van der Waals surface area (Å²) in [7, 11) is 0. The molecule has 0 unspecified atom stereocenters. The number of aromatic nitrogens is 1. The van der Waals surface area contributed by atoms with E-state index in [9.17, 15) is 9.90 Å². The molecule has 0 atom stereocenters. The molecule has 4 heterocycles. The summed E-state index contributed by atoms with van der Waals surface area (Å²) >= 11 is 5.53. The van der Waals surface area contributed by atoms with Gasteiger partial charge in [0.2, 0.25) is 0 Å². The topological polar surface area (TPSA) is 50.2 Å². The molecule has 2 aromatic carbocycles. The van der Waals surface area contributed by atoms with Gasteiger partial charge in [-0.25, -0.2) is 0 Å². The maximum atomic E-state index is 12.2. The van der Waals surface area contributed by atoms with Crippen molar-refractivity contribution < 1.29 is 30.0 Å². The van der Waals surface area contributed by atoms with Crippen molar-refractivity contribution in [1.29, 1.82) is 0 Å². The number of rotatable bonds is 8. The molecule has 48 heavy (non-hydrogen) atoms. The Hall–Kier alpha value is -2.41. The van der Waals surface area contributed by atoms with E-state index in [-0.39, 0.29) is 47.9 Å². The Labute approximate surface area is 311 Å². The summed E-state index contributed by atoms with van der Waals surface area (Å²) in [5.74, 6) is 0.286. The number of fused-ring (bicyclic) bond motifs is 6. The zero-order valence-electron chi connectivity index (χ0n) is 29.9. The molecule has 6 aromatic rings. The normalized spacial score (nSPS) is 12.8. The van der Waals surface area contributed by atoms with Crippen molar-refractivity contribution in [3.8, 4) is 11.3 Å². The van der Waals surface area contributed by atoms with E-state index in [1.165, 1.54) is 56.9 Å². The van der Waals surface area contributed by atoms with Crippen molar-refractivity contribution in [1.82, 2.24) is 4.98 Å². The first-order chi connectivity index (χ1) is 22.2. The minimum absolute atomic E-state index is 0. The van der Waals surface area contributed by atoms with Crippen LogP contribution in [-0.4, -0.2) is 15.9 Å². The van der Waals surface area contributed by atoms with E-state index < -0.39 is 0 Å². The molecule has 0 saturated heterocycles. The Morgan fingerprint density at radius 3 is 2.12 bits per heavy atom. The summed E-state index contributed by atoms with van der Waals surface area (Å²) in [6.07, 6.45) is 6.72. The number of nitrogens with zero attached hydrogens (tertiary/aromatic N) is 1. The summed E-state index contributed by atoms with van der Waals surface area (Å²) < 4.78 is 5.29. The largest absolute Gasteiger partial charge is 0.512 e. The summed E-state index contributed by atoms with van der Waals surface area (Å²) in [6.45, 7) is 21.1. The molecule has 257 valence electrons. The Morgan fingerprint density at radius 2 is 1.50 bits per heavy atom. The Kier molecular flexibility index (Phi) is 11.9. The van der Waals surface area contributed by atoms with Crippen LogP contribution in [0.5, 0.6) is 0 Å². The predicted molar refractivity (Wildman–Crippen MR) is 209 cm³/mol. The molecule has 0 bridgehead atoms. The van der Waals surface area contributed by atoms with Gasteiger partial charge in [0.15, 0.2) is 5.78 Å². The van der Waals surface area contributed by atoms with Crippen LogP contribution < -0.4 is 0 Å². The second-order valence-corrected chi connectivity index (χ2v) is 17.5. The minimum Gasteiger partial charge on any atom is -0.512 e. The van der Waals surface area contributed by atoms with Gasteiger partial charge < -0.3 is 5.11 Å². The van der Waals surface area contributed by atoms with Gasteiger partial charge >= 0.3 is 0 Å². The van der Waals surface area contributed by atoms with E-state index >= 15 is 0 Å². The summed E-state index contributed by atoms with van der Waals surface area (Å²) in [5.41, 5.74) is 2.99. The fourth-order valence-corrected chi connectivity index (χ4v) is 9.23. The summed E-state index contributed by atoms with van der Waals surface area (Å²) in [6, 6.07) is 17.2. The van der Waals surface area contributed by atoms with Gasteiger partial charge in [-0.15, -0.1) is 46.3 Å². The van der Waals surface area contributed by atoms with E-state index in [1.807, 2.05) is 81.7 Å². The van der Waals surface area contributed by atoms with Gasteiger partial charge in [-0.1, -0.05) is 73.4 Å². The van der Waals surface area contributed by atoms with Crippen LogP contribution in [-0.2, 0) is 30.3 Å². The van der Waals surface area contributed by atoms with Crippen molar-refractivity contribution in [3.05, 3.63) is 76.3 Å². The monoisotopic (exact) mass is 875 g/mol. The van der Waals surface area contributed by atoms with Gasteiger partial charge in [0, 0.05) is 78.7 Å². The quantitative estimate of drug-likeness (QED) is 0.0941. The van der Waals surface area contributed by atoms with E-state index in [1.54, 1.807) is 0 Å². The minimum atomic E-state index is -0.337. The number of thiophene rings is 3. The van der Waals surface area contributed by atoms with E-state index in [0.717, 1.165) is 36.9 Å².